The quantitative estimate of drug-likeness (QED) is 0.847. The van der Waals surface area contributed by atoms with E-state index in [4.69, 9.17) is 4.74 Å². The minimum atomic E-state index is -4.34. The average molecular weight is 324 g/mol. The summed E-state index contributed by atoms with van der Waals surface area (Å²) in [4.78, 5) is 3.94. The molecule has 0 spiro atoms. The Morgan fingerprint density at radius 1 is 1.04 bits per heavy atom. The number of nitrogens with zero attached hydrogens (tertiary/aromatic N) is 2. The van der Waals surface area contributed by atoms with Crippen molar-refractivity contribution in [3.8, 4) is 0 Å². The Balaban J connectivity index is 1.87. The molecule has 0 radical (unpaired) electrons. The van der Waals surface area contributed by atoms with Crippen LogP contribution in [0.3, 0.4) is 0 Å². The molecule has 3 rings (SSSR count). The van der Waals surface area contributed by atoms with Crippen molar-refractivity contribution in [2.24, 2.45) is 0 Å². The van der Waals surface area contributed by atoms with Crippen LogP contribution in [0.1, 0.15) is 11.1 Å². The molecule has 0 saturated carbocycles. The van der Waals surface area contributed by atoms with Crippen LogP contribution in [0.4, 0.5) is 18.9 Å². The molecule has 1 aromatic carbocycles. The Kier molecular flexibility index (Phi) is 4.73. The van der Waals surface area contributed by atoms with Gasteiger partial charge in [-0.1, -0.05) is 12.2 Å². The number of rotatable bonds is 3. The van der Waals surface area contributed by atoms with Gasteiger partial charge in [-0.25, -0.2) is 0 Å². The van der Waals surface area contributed by atoms with Gasteiger partial charge in [0.15, 0.2) is 0 Å². The van der Waals surface area contributed by atoms with Crippen LogP contribution in [0.15, 0.2) is 42.6 Å². The maximum absolute atomic E-state index is 13.2. The van der Waals surface area contributed by atoms with Gasteiger partial charge < -0.3 is 9.64 Å². The van der Waals surface area contributed by atoms with Gasteiger partial charge >= 0.3 is 6.18 Å². The van der Waals surface area contributed by atoms with Gasteiger partial charge in [0.2, 0.25) is 0 Å². The van der Waals surface area contributed by atoms with Crippen molar-refractivity contribution in [2.75, 3.05) is 37.7 Å². The van der Waals surface area contributed by atoms with E-state index < -0.39 is 11.7 Å². The molecule has 0 aliphatic carbocycles. The summed E-state index contributed by atoms with van der Waals surface area (Å²) in [5.41, 5.74) is 0.657. The predicted octanol–water partition coefficient (Wildman–Crippen LogP) is 3.43. The maximum Gasteiger partial charge on any atom is 0.416 e. The van der Waals surface area contributed by atoms with Crippen molar-refractivity contribution in [1.29, 1.82) is 0 Å². The van der Waals surface area contributed by atoms with E-state index in [0.29, 0.717) is 37.6 Å². The molecule has 2 aliphatic heterocycles. The number of ether oxygens (including phenoxy) is 1. The molecular weight excluding hydrogens is 305 g/mol. The molecule has 1 aromatic rings. The van der Waals surface area contributed by atoms with Crippen LogP contribution in [0.5, 0.6) is 0 Å². The largest absolute Gasteiger partial charge is 0.416 e. The van der Waals surface area contributed by atoms with Crippen molar-refractivity contribution >= 4 is 5.69 Å². The summed E-state index contributed by atoms with van der Waals surface area (Å²) in [6, 6.07) is 4.31. The third-order valence-corrected chi connectivity index (χ3v) is 3.96. The monoisotopic (exact) mass is 324 g/mol. The highest BCUT2D eigenvalue weighted by Gasteiger charge is 2.31. The first-order valence-corrected chi connectivity index (χ1v) is 7.63. The highest BCUT2D eigenvalue weighted by atomic mass is 19.4. The highest BCUT2D eigenvalue weighted by Crippen LogP contribution is 2.33. The Bertz CT molecular complexity index is 604. The molecule has 2 aliphatic rings. The van der Waals surface area contributed by atoms with Crippen LogP contribution in [-0.4, -0.2) is 37.7 Å². The maximum atomic E-state index is 13.2. The van der Waals surface area contributed by atoms with E-state index in [9.17, 15) is 13.2 Å². The molecule has 2 heterocycles. The molecule has 6 heteroatoms. The van der Waals surface area contributed by atoms with Crippen molar-refractivity contribution in [1.82, 2.24) is 4.90 Å². The Hall–Kier alpha value is -1.79. The van der Waals surface area contributed by atoms with Gasteiger partial charge in [0, 0.05) is 38.1 Å². The van der Waals surface area contributed by atoms with Gasteiger partial charge in [0.25, 0.3) is 0 Å². The lowest BCUT2D eigenvalue weighted by molar-refractivity contribution is -0.137. The molecule has 0 N–H and O–H groups in total. The molecule has 23 heavy (non-hydrogen) atoms. The number of anilines is 1. The standard InChI is InChI=1S/C17H19F3N2O/c18-17(19,20)15-10-14(13-21-6-8-23-9-7-21)11-16(12-15)22-4-2-1-3-5-22/h1-4,10-12H,5-9,13H2. The Labute approximate surface area is 133 Å². The summed E-state index contributed by atoms with van der Waals surface area (Å²) >= 11 is 0. The number of hydrogen-bond donors (Lipinski definition) is 0. The SMILES string of the molecule is FC(F)(F)c1cc(CN2CCOCC2)cc(N2C=CC=CC2)c1. The van der Waals surface area contributed by atoms with E-state index in [1.807, 2.05) is 29.2 Å². The normalized spacial score (nSPS) is 19.3. The third-order valence-electron chi connectivity index (χ3n) is 3.96. The van der Waals surface area contributed by atoms with Crippen molar-refractivity contribution < 1.29 is 17.9 Å². The van der Waals surface area contributed by atoms with Gasteiger partial charge in [-0.15, -0.1) is 0 Å². The number of morpholine rings is 1. The summed E-state index contributed by atoms with van der Waals surface area (Å²) in [5, 5.41) is 0. The average Bonchev–Trinajstić information content (AvgIpc) is 2.55. The first-order valence-electron chi connectivity index (χ1n) is 7.63. The number of benzene rings is 1. The predicted molar refractivity (Wildman–Crippen MR) is 83.2 cm³/mol. The second kappa shape index (κ2) is 6.76. The van der Waals surface area contributed by atoms with E-state index in [1.165, 1.54) is 12.1 Å². The van der Waals surface area contributed by atoms with E-state index >= 15 is 0 Å². The molecule has 0 bridgehead atoms. The Morgan fingerprint density at radius 3 is 2.48 bits per heavy atom. The van der Waals surface area contributed by atoms with Gasteiger partial charge in [0.05, 0.1) is 18.8 Å². The molecule has 1 saturated heterocycles. The van der Waals surface area contributed by atoms with Crippen LogP contribution in [0.2, 0.25) is 0 Å². The fourth-order valence-electron chi connectivity index (χ4n) is 2.77. The lowest BCUT2D eigenvalue weighted by atomic mass is 10.1. The van der Waals surface area contributed by atoms with Crippen LogP contribution in [0.25, 0.3) is 0 Å². The summed E-state index contributed by atoms with van der Waals surface area (Å²) in [7, 11) is 0. The van der Waals surface area contributed by atoms with E-state index in [2.05, 4.69) is 4.90 Å². The van der Waals surface area contributed by atoms with Crippen LogP contribution < -0.4 is 4.90 Å². The molecule has 0 amide bonds. The lowest BCUT2D eigenvalue weighted by Gasteiger charge is -2.28. The van der Waals surface area contributed by atoms with Gasteiger partial charge in [-0.3, -0.25) is 4.90 Å². The van der Waals surface area contributed by atoms with Gasteiger partial charge in [0.1, 0.15) is 0 Å². The van der Waals surface area contributed by atoms with E-state index in [0.717, 1.165) is 13.1 Å². The summed E-state index contributed by atoms with van der Waals surface area (Å²) < 4.78 is 44.9. The van der Waals surface area contributed by atoms with Crippen LogP contribution in [0, 0.1) is 0 Å². The zero-order valence-electron chi connectivity index (χ0n) is 12.7. The number of alkyl halides is 3. The summed E-state index contributed by atoms with van der Waals surface area (Å²) in [5.74, 6) is 0. The first kappa shape index (κ1) is 16.1. The molecule has 3 nitrogen and oxygen atoms in total. The topological polar surface area (TPSA) is 15.7 Å². The van der Waals surface area contributed by atoms with E-state index in [-0.39, 0.29) is 0 Å². The summed E-state index contributed by atoms with van der Waals surface area (Å²) in [6.07, 6.45) is 3.09. The summed E-state index contributed by atoms with van der Waals surface area (Å²) in [6.45, 7) is 3.84. The van der Waals surface area contributed by atoms with Crippen LogP contribution >= 0.6 is 0 Å². The second-order valence-corrected chi connectivity index (χ2v) is 5.70. The third kappa shape index (κ3) is 4.14. The first-order chi connectivity index (χ1) is 11.0. The fourth-order valence-corrected chi connectivity index (χ4v) is 2.77. The molecule has 0 atom stereocenters. The number of allylic oxidation sites excluding steroid dienone is 2. The van der Waals surface area contributed by atoms with Crippen molar-refractivity contribution in [3.63, 3.8) is 0 Å². The van der Waals surface area contributed by atoms with E-state index in [1.54, 1.807) is 6.20 Å². The number of halogens is 3. The fraction of sp³-hybridized carbons (Fsp3) is 0.412. The van der Waals surface area contributed by atoms with Crippen molar-refractivity contribution in [2.45, 2.75) is 12.7 Å². The molecule has 1 fully saturated rings. The van der Waals surface area contributed by atoms with Crippen LogP contribution in [-0.2, 0) is 17.5 Å². The molecule has 124 valence electrons. The van der Waals surface area contributed by atoms with Crippen molar-refractivity contribution in [3.05, 3.63) is 53.8 Å². The number of hydrogen-bond acceptors (Lipinski definition) is 3. The van der Waals surface area contributed by atoms with Gasteiger partial charge in [-0.05, 0) is 29.8 Å². The zero-order chi connectivity index (χ0) is 16.3. The van der Waals surface area contributed by atoms with Gasteiger partial charge in [-0.2, -0.15) is 13.2 Å². The minimum absolute atomic E-state index is 0.508. The second-order valence-electron chi connectivity index (χ2n) is 5.70. The lowest BCUT2D eigenvalue weighted by Crippen LogP contribution is -2.35. The highest BCUT2D eigenvalue weighted by molar-refractivity contribution is 5.55. The molecule has 0 aromatic heterocycles. The smallest absolute Gasteiger partial charge is 0.379 e. The molecule has 0 unspecified atom stereocenters. The minimum Gasteiger partial charge on any atom is -0.379 e. The Morgan fingerprint density at radius 2 is 1.83 bits per heavy atom. The zero-order valence-corrected chi connectivity index (χ0v) is 12.7. The molecular formula is C17H19F3N2O.